The number of aliphatic hydroxyl groups excluding tert-OH is 1. The average Bonchev–Trinajstić information content (AvgIpc) is 3.05. The van der Waals surface area contributed by atoms with Crippen molar-refractivity contribution in [2.24, 2.45) is 11.8 Å². The van der Waals surface area contributed by atoms with E-state index in [1.54, 1.807) is 0 Å². The normalized spacial score (nSPS) is 29.6. The Balaban J connectivity index is 1.38. The maximum Gasteiger partial charge on any atom is 0.120 e. The highest BCUT2D eigenvalue weighted by Gasteiger charge is 2.39. The van der Waals surface area contributed by atoms with Crippen molar-refractivity contribution in [2.75, 3.05) is 13.2 Å². The van der Waals surface area contributed by atoms with Crippen molar-refractivity contribution in [2.45, 2.75) is 37.8 Å². The second kappa shape index (κ2) is 6.46. The third kappa shape index (κ3) is 3.54. The van der Waals surface area contributed by atoms with Gasteiger partial charge in [-0.05, 0) is 49.3 Å². The van der Waals surface area contributed by atoms with Gasteiger partial charge in [0.1, 0.15) is 18.5 Å². The lowest BCUT2D eigenvalue weighted by molar-refractivity contribution is 0.101. The smallest absolute Gasteiger partial charge is 0.120 e. The summed E-state index contributed by atoms with van der Waals surface area (Å²) in [5.41, 5.74) is 0. The molecule has 4 heteroatoms. The van der Waals surface area contributed by atoms with E-state index in [-0.39, 0.29) is 0 Å². The Labute approximate surface area is 128 Å². The molecule has 2 fully saturated rings. The molecule has 0 radical (unpaired) electrons. The van der Waals surface area contributed by atoms with Gasteiger partial charge in [-0.15, -0.1) is 0 Å². The first-order valence-corrected chi connectivity index (χ1v) is 8.30. The number of rotatable bonds is 6. The number of fused-ring (bicyclic) bond motifs is 2. The van der Waals surface area contributed by atoms with Crippen LogP contribution < -0.4 is 10.1 Å². The summed E-state index contributed by atoms with van der Waals surface area (Å²) in [5.74, 6) is 2.57. The maximum atomic E-state index is 10.0. The first-order chi connectivity index (χ1) is 9.70. The van der Waals surface area contributed by atoms with Gasteiger partial charge in [-0.3, -0.25) is 0 Å². The van der Waals surface area contributed by atoms with E-state index in [0.29, 0.717) is 19.2 Å². The van der Waals surface area contributed by atoms with Crippen molar-refractivity contribution in [3.63, 3.8) is 0 Å². The zero-order chi connectivity index (χ0) is 13.9. The van der Waals surface area contributed by atoms with Gasteiger partial charge in [0.2, 0.25) is 0 Å². The molecule has 0 aliphatic heterocycles. The van der Waals surface area contributed by atoms with Crippen molar-refractivity contribution >= 4 is 15.9 Å². The topological polar surface area (TPSA) is 41.5 Å². The van der Waals surface area contributed by atoms with Crippen LogP contribution in [0.3, 0.4) is 0 Å². The highest BCUT2D eigenvalue weighted by atomic mass is 79.9. The summed E-state index contributed by atoms with van der Waals surface area (Å²) in [5, 5.41) is 13.5. The number of ether oxygens (including phenoxy) is 1. The van der Waals surface area contributed by atoms with E-state index in [0.717, 1.165) is 22.1 Å². The van der Waals surface area contributed by atoms with Gasteiger partial charge in [-0.25, -0.2) is 0 Å². The Hall–Kier alpha value is -0.580. The molecule has 2 bridgehead atoms. The lowest BCUT2D eigenvalue weighted by Gasteiger charge is -2.24. The van der Waals surface area contributed by atoms with Gasteiger partial charge in [0, 0.05) is 17.1 Å². The fraction of sp³-hybridized carbons (Fsp3) is 0.625. The molecular formula is C16H22BrNO2. The van der Waals surface area contributed by atoms with E-state index in [1.807, 2.05) is 24.3 Å². The Morgan fingerprint density at radius 3 is 2.95 bits per heavy atom. The fourth-order valence-corrected chi connectivity index (χ4v) is 3.97. The molecule has 0 amide bonds. The van der Waals surface area contributed by atoms with Gasteiger partial charge in [-0.1, -0.05) is 28.4 Å². The van der Waals surface area contributed by atoms with E-state index in [2.05, 4.69) is 21.2 Å². The molecule has 2 N–H and O–H groups in total. The van der Waals surface area contributed by atoms with Crippen molar-refractivity contribution < 1.29 is 9.84 Å². The molecule has 0 heterocycles. The van der Waals surface area contributed by atoms with Gasteiger partial charge >= 0.3 is 0 Å². The van der Waals surface area contributed by atoms with E-state index in [1.165, 1.54) is 25.7 Å². The first kappa shape index (κ1) is 14.4. The minimum Gasteiger partial charge on any atom is -0.491 e. The molecule has 0 saturated heterocycles. The minimum atomic E-state index is -0.451. The van der Waals surface area contributed by atoms with Crippen LogP contribution in [0, 0.1) is 11.8 Å². The van der Waals surface area contributed by atoms with Crippen molar-refractivity contribution in [1.82, 2.24) is 5.32 Å². The van der Waals surface area contributed by atoms with Crippen LogP contribution in [-0.4, -0.2) is 30.4 Å². The molecule has 3 rings (SSSR count). The molecule has 4 atom stereocenters. The summed E-state index contributed by atoms with van der Waals surface area (Å²) in [6.45, 7) is 0.964. The predicted molar refractivity (Wildman–Crippen MR) is 82.9 cm³/mol. The zero-order valence-corrected chi connectivity index (χ0v) is 13.2. The van der Waals surface area contributed by atoms with E-state index in [4.69, 9.17) is 4.74 Å². The highest BCUT2D eigenvalue weighted by Crippen LogP contribution is 2.44. The van der Waals surface area contributed by atoms with E-state index >= 15 is 0 Å². The van der Waals surface area contributed by atoms with Crippen LogP contribution in [0.2, 0.25) is 0 Å². The third-order valence-electron chi connectivity index (χ3n) is 4.59. The van der Waals surface area contributed by atoms with E-state index in [9.17, 15) is 5.11 Å². The Bertz CT molecular complexity index is 454. The number of nitrogens with one attached hydrogen (secondary N) is 1. The SMILES string of the molecule is OC(CNC1CC2CCC1C2)COc1cccc(Br)c1. The summed E-state index contributed by atoms with van der Waals surface area (Å²) < 4.78 is 6.60. The Morgan fingerprint density at radius 2 is 2.25 bits per heavy atom. The molecule has 2 saturated carbocycles. The monoisotopic (exact) mass is 339 g/mol. The summed E-state index contributed by atoms with van der Waals surface area (Å²) in [7, 11) is 0. The number of hydrogen-bond acceptors (Lipinski definition) is 3. The van der Waals surface area contributed by atoms with E-state index < -0.39 is 6.10 Å². The number of benzene rings is 1. The van der Waals surface area contributed by atoms with Crippen molar-refractivity contribution in [3.8, 4) is 5.75 Å². The molecule has 1 aromatic rings. The molecule has 2 aliphatic carbocycles. The van der Waals surface area contributed by atoms with Gasteiger partial charge in [0.05, 0.1) is 0 Å². The fourth-order valence-electron chi connectivity index (χ4n) is 3.59. The van der Waals surface area contributed by atoms with Crippen LogP contribution in [0.1, 0.15) is 25.7 Å². The Morgan fingerprint density at radius 1 is 1.35 bits per heavy atom. The molecule has 2 aliphatic rings. The molecule has 0 aromatic heterocycles. The molecule has 1 aromatic carbocycles. The second-order valence-electron chi connectivity index (χ2n) is 6.11. The molecule has 20 heavy (non-hydrogen) atoms. The lowest BCUT2D eigenvalue weighted by atomic mass is 9.95. The minimum absolute atomic E-state index is 0.338. The van der Waals surface area contributed by atoms with Gasteiger partial charge in [-0.2, -0.15) is 0 Å². The third-order valence-corrected chi connectivity index (χ3v) is 5.09. The summed E-state index contributed by atoms with van der Waals surface area (Å²) in [4.78, 5) is 0. The van der Waals surface area contributed by atoms with Crippen molar-refractivity contribution in [3.05, 3.63) is 28.7 Å². The molecular weight excluding hydrogens is 318 g/mol. The molecule has 110 valence electrons. The van der Waals surface area contributed by atoms with Crippen molar-refractivity contribution in [1.29, 1.82) is 0 Å². The van der Waals surface area contributed by atoms with Crippen LogP contribution in [0.15, 0.2) is 28.7 Å². The van der Waals surface area contributed by atoms with Gasteiger partial charge in [0.25, 0.3) is 0 Å². The van der Waals surface area contributed by atoms with Gasteiger partial charge in [0.15, 0.2) is 0 Å². The van der Waals surface area contributed by atoms with Crippen LogP contribution in [0.25, 0.3) is 0 Å². The number of hydrogen-bond donors (Lipinski definition) is 2. The number of halogens is 1. The average molecular weight is 340 g/mol. The van der Waals surface area contributed by atoms with Crippen LogP contribution in [0.4, 0.5) is 0 Å². The van der Waals surface area contributed by atoms with Crippen LogP contribution in [0.5, 0.6) is 5.75 Å². The molecule has 4 unspecified atom stereocenters. The van der Waals surface area contributed by atoms with Crippen LogP contribution >= 0.6 is 15.9 Å². The second-order valence-corrected chi connectivity index (χ2v) is 7.03. The first-order valence-electron chi connectivity index (χ1n) is 7.50. The quantitative estimate of drug-likeness (QED) is 0.837. The largest absolute Gasteiger partial charge is 0.491 e. The zero-order valence-electron chi connectivity index (χ0n) is 11.6. The predicted octanol–water partition coefficient (Wildman–Crippen LogP) is 2.97. The Kier molecular flexibility index (Phi) is 4.64. The molecule has 3 nitrogen and oxygen atoms in total. The standard InChI is InChI=1S/C16H22BrNO2/c17-13-2-1-3-15(8-13)20-10-14(19)9-18-16-7-11-4-5-12(16)6-11/h1-3,8,11-12,14,16,18-19H,4-7,9-10H2. The lowest BCUT2D eigenvalue weighted by Crippen LogP contribution is -2.40. The van der Waals surface area contributed by atoms with Crippen LogP contribution in [-0.2, 0) is 0 Å². The maximum absolute atomic E-state index is 10.0. The van der Waals surface area contributed by atoms with Gasteiger partial charge < -0.3 is 15.2 Å². The number of aliphatic hydroxyl groups is 1. The summed E-state index contributed by atoms with van der Waals surface area (Å²) >= 11 is 3.41. The molecule has 0 spiro atoms. The summed E-state index contributed by atoms with van der Waals surface area (Å²) in [6, 6.07) is 8.32. The summed E-state index contributed by atoms with van der Waals surface area (Å²) in [6.07, 6.45) is 5.02. The highest BCUT2D eigenvalue weighted by molar-refractivity contribution is 9.10.